The molecule has 0 radical (unpaired) electrons. The molecule has 0 unspecified atom stereocenters. The molecule has 1 N–H and O–H groups in total. The summed E-state index contributed by atoms with van der Waals surface area (Å²) in [5.74, 6) is -1.10. The fourth-order valence-electron chi connectivity index (χ4n) is 1.86. The Morgan fingerprint density at radius 2 is 1.60 bits per heavy atom. The van der Waals surface area contributed by atoms with E-state index < -0.39 is 16.0 Å². The van der Waals surface area contributed by atoms with Gasteiger partial charge in [0, 0.05) is 0 Å². The van der Waals surface area contributed by atoms with E-state index in [2.05, 4.69) is 0 Å². The summed E-state index contributed by atoms with van der Waals surface area (Å²) in [6, 6.07) is 14.3. The third kappa shape index (κ3) is 2.97. The van der Waals surface area contributed by atoms with E-state index in [0.29, 0.717) is 11.4 Å². The number of benzene rings is 2. The first-order valence-electron chi connectivity index (χ1n) is 5.78. The van der Waals surface area contributed by atoms with Gasteiger partial charge in [-0.15, -0.1) is 0 Å². The van der Waals surface area contributed by atoms with Crippen LogP contribution in [0.25, 0.3) is 0 Å². The van der Waals surface area contributed by atoms with Gasteiger partial charge < -0.3 is 5.11 Å². The topological polar surface area (TPSA) is 74.7 Å². The normalized spacial score (nSPS) is 11.1. The van der Waals surface area contributed by atoms with Crippen LogP contribution in [0.5, 0.6) is 0 Å². The van der Waals surface area contributed by atoms with Gasteiger partial charge in [-0.2, -0.15) is 0 Å². The van der Waals surface area contributed by atoms with Crippen LogP contribution in [0, 0.1) is 0 Å². The lowest BCUT2D eigenvalue weighted by Gasteiger charge is -2.22. The predicted octanol–water partition coefficient (Wildman–Crippen LogP) is 2.48. The van der Waals surface area contributed by atoms with Crippen LogP contribution in [0.15, 0.2) is 54.6 Å². The Labute approximate surface area is 117 Å². The number of aromatic carboxylic acids is 1. The molecule has 0 aliphatic heterocycles. The molecule has 20 heavy (non-hydrogen) atoms. The SMILES string of the molecule is CS(=O)(=O)N(c1ccccc1)c1cccc(C(=O)O)c1. The molecule has 6 heteroatoms. The van der Waals surface area contributed by atoms with Crippen LogP contribution in [-0.2, 0) is 10.0 Å². The summed E-state index contributed by atoms with van der Waals surface area (Å²) >= 11 is 0. The highest BCUT2D eigenvalue weighted by Crippen LogP contribution is 2.28. The molecule has 0 atom stereocenters. The van der Waals surface area contributed by atoms with Crippen molar-refractivity contribution < 1.29 is 18.3 Å². The molecule has 2 rings (SSSR count). The van der Waals surface area contributed by atoms with Crippen molar-refractivity contribution in [2.24, 2.45) is 0 Å². The summed E-state index contributed by atoms with van der Waals surface area (Å²) in [5, 5.41) is 9.00. The van der Waals surface area contributed by atoms with Crippen LogP contribution in [-0.4, -0.2) is 25.7 Å². The molecular formula is C14H13NO4S. The summed E-state index contributed by atoms with van der Waals surface area (Å²) in [6.07, 6.45) is 1.08. The van der Waals surface area contributed by atoms with Crippen molar-refractivity contribution in [1.29, 1.82) is 0 Å². The lowest BCUT2D eigenvalue weighted by atomic mass is 10.2. The second-order valence-corrected chi connectivity index (χ2v) is 6.05. The van der Waals surface area contributed by atoms with E-state index in [-0.39, 0.29) is 5.56 Å². The maximum absolute atomic E-state index is 12.0. The number of hydrogen-bond acceptors (Lipinski definition) is 3. The number of para-hydroxylation sites is 1. The van der Waals surface area contributed by atoms with Gasteiger partial charge >= 0.3 is 5.97 Å². The highest BCUT2D eigenvalue weighted by Gasteiger charge is 2.20. The first-order valence-corrected chi connectivity index (χ1v) is 7.63. The Kier molecular flexibility index (Phi) is 3.76. The zero-order valence-electron chi connectivity index (χ0n) is 10.7. The lowest BCUT2D eigenvalue weighted by molar-refractivity contribution is 0.0697. The standard InChI is InChI=1S/C14H13NO4S/c1-20(18,19)15(12-7-3-2-4-8-12)13-9-5-6-11(10-13)14(16)17/h2-10H,1H3,(H,16,17). The monoisotopic (exact) mass is 291 g/mol. The number of anilines is 2. The first-order chi connectivity index (χ1) is 9.39. The summed E-state index contributed by atoms with van der Waals surface area (Å²) in [5.41, 5.74) is 0.781. The third-order valence-corrected chi connectivity index (χ3v) is 3.73. The maximum Gasteiger partial charge on any atom is 0.335 e. The van der Waals surface area contributed by atoms with Gasteiger partial charge in [0.15, 0.2) is 0 Å². The first kappa shape index (κ1) is 14.1. The van der Waals surface area contributed by atoms with E-state index in [1.807, 2.05) is 0 Å². The molecule has 0 saturated carbocycles. The largest absolute Gasteiger partial charge is 0.478 e. The van der Waals surface area contributed by atoms with E-state index in [4.69, 9.17) is 5.11 Å². The zero-order chi connectivity index (χ0) is 14.8. The maximum atomic E-state index is 12.0. The van der Waals surface area contributed by atoms with Gasteiger partial charge in [-0.05, 0) is 30.3 Å². The van der Waals surface area contributed by atoms with E-state index in [0.717, 1.165) is 10.6 Å². The molecule has 2 aromatic carbocycles. The summed E-state index contributed by atoms with van der Waals surface area (Å²) in [6.45, 7) is 0. The molecule has 2 aromatic rings. The van der Waals surface area contributed by atoms with Crippen molar-refractivity contribution in [3.8, 4) is 0 Å². The highest BCUT2D eigenvalue weighted by atomic mass is 32.2. The molecule has 0 spiro atoms. The van der Waals surface area contributed by atoms with Gasteiger partial charge in [0.05, 0.1) is 23.2 Å². The molecule has 0 bridgehead atoms. The number of carboxylic acid groups (broad SMARTS) is 1. The van der Waals surface area contributed by atoms with E-state index >= 15 is 0 Å². The number of rotatable bonds is 4. The number of sulfonamides is 1. The van der Waals surface area contributed by atoms with Crippen molar-refractivity contribution in [3.63, 3.8) is 0 Å². The van der Waals surface area contributed by atoms with Gasteiger partial charge in [-0.3, -0.25) is 0 Å². The minimum atomic E-state index is -3.57. The molecule has 0 aliphatic rings. The van der Waals surface area contributed by atoms with Gasteiger partial charge in [-0.25, -0.2) is 17.5 Å². The third-order valence-electron chi connectivity index (χ3n) is 2.65. The molecule has 0 aromatic heterocycles. The molecule has 0 aliphatic carbocycles. The van der Waals surface area contributed by atoms with Crippen LogP contribution in [0.1, 0.15) is 10.4 Å². The smallest absolute Gasteiger partial charge is 0.335 e. The molecule has 0 heterocycles. The van der Waals surface area contributed by atoms with Crippen LogP contribution >= 0.6 is 0 Å². The molecule has 104 valence electrons. The number of nitrogens with zero attached hydrogens (tertiary/aromatic N) is 1. The number of hydrogen-bond donors (Lipinski definition) is 1. The van der Waals surface area contributed by atoms with Crippen molar-refractivity contribution >= 4 is 27.4 Å². The van der Waals surface area contributed by atoms with Gasteiger partial charge in [-0.1, -0.05) is 24.3 Å². The summed E-state index contributed by atoms with van der Waals surface area (Å²) in [7, 11) is -3.57. The Morgan fingerprint density at radius 3 is 2.15 bits per heavy atom. The van der Waals surface area contributed by atoms with Crippen LogP contribution in [0.4, 0.5) is 11.4 Å². The summed E-state index contributed by atoms with van der Waals surface area (Å²) < 4.78 is 25.1. The Bertz CT molecular complexity index is 726. The fourth-order valence-corrected chi connectivity index (χ4v) is 2.86. The van der Waals surface area contributed by atoms with Crippen LogP contribution in [0.3, 0.4) is 0 Å². The zero-order valence-corrected chi connectivity index (χ0v) is 11.5. The second kappa shape index (κ2) is 5.34. The number of carbonyl (C=O) groups is 1. The van der Waals surface area contributed by atoms with Gasteiger partial charge in [0.25, 0.3) is 0 Å². The molecule has 0 amide bonds. The molecule has 0 fully saturated rings. The molecular weight excluding hydrogens is 278 g/mol. The van der Waals surface area contributed by atoms with Crippen molar-refractivity contribution in [2.75, 3.05) is 10.6 Å². The quantitative estimate of drug-likeness (QED) is 0.939. The Morgan fingerprint density at radius 1 is 1.00 bits per heavy atom. The van der Waals surface area contributed by atoms with E-state index in [1.54, 1.807) is 36.4 Å². The van der Waals surface area contributed by atoms with Crippen molar-refractivity contribution in [1.82, 2.24) is 0 Å². The lowest BCUT2D eigenvalue weighted by Crippen LogP contribution is -2.24. The molecule has 0 saturated heterocycles. The fraction of sp³-hybridized carbons (Fsp3) is 0.0714. The Hall–Kier alpha value is -2.34. The predicted molar refractivity (Wildman–Crippen MR) is 76.8 cm³/mol. The highest BCUT2D eigenvalue weighted by molar-refractivity contribution is 7.92. The second-order valence-electron chi connectivity index (χ2n) is 4.22. The van der Waals surface area contributed by atoms with E-state index in [1.165, 1.54) is 18.2 Å². The minimum Gasteiger partial charge on any atom is -0.478 e. The number of carboxylic acids is 1. The minimum absolute atomic E-state index is 0.0343. The van der Waals surface area contributed by atoms with Crippen molar-refractivity contribution in [2.45, 2.75) is 0 Å². The molecule has 5 nitrogen and oxygen atoms in total. The average Bonchev–Trinajstić information content (AvgIpc) is 2.39. The van der Waals surface area contributed by atoms with Crippen LogP contribution in [0.2, 0.25) is 0 Å². The van der Waals surface area contributed by atoms with Crippen LogP contribution < -0.4 is 4.31 Å². The average molecular weight is 291 g/mol. The Balaban J connectivity index is 2.59. The van der Waals surface area contributed by atoms with E-state index in [9.17, 15) is 13.2 Å². The summed E-state index contributed by atoms with van der Waals surface area (Å²) in [4.78, 5) is 11.0. The van der Waals surface area contributed by atoms with Crippen molar-refractivity contribution in [3.05, 3.63) is 60.2 Å². The van der Waals surface area contributed by atoms with Gasteiger partial charge in [0.1, 0.15) is 0 Å². The van der Waals surface area contributed by atoms with Gasteiger partial charge in [0.2, 0.25) is 10.0 Å².